The number of hydrogen-bond donors (Lipinski definition) is 2. The van der Waals surface area contributed by atoms with Gasteiger partial charge in [-0.15, -0.1) is 0 Å². The summed E-state index contributed by atoms with van der Waals surface area (Å²) in [5, 5.41) is -0.166. The monoisotopic (exact) mass is 434 g/mol. The molecule has 0 bridgehead atoms. The predicted molar refractivity (Wildman–Crippen MR) is 93.6 cm³/mol. The zero-order valence-electron chi connectivity index (χ0n) is 14.1. The zero-order chi connectivity index (χ0) is 21.1. The minimum atomic E-state index is -5.09. The largest absolute Gasteiger partial charge is 0.418 e. The van der Waals surface area contributed by atoms with E-state index in [1.807, 2.05) is 0 Å². The number of anilines is 1. The van der Waals surface area contributed by atoms with Gasteiger partial charge in [0.15, 0.2) is 0 Å². The molecule has 0 spiro atoms. The highest BCUT2D eigenvalue weighted by Gasteiger charge is 2.51. The maximum atomic E-state index is 13.2. The van der Waals surface area contributed by atoms with Gasteiger partial charge in [-0.25, -0.2) is 8.42 Å². The molecular weight excluding hydrogens is 421 g/mol. The second-order valence-electron chi connectivity index (χ2n) is 6.17. The molecule has 0 aliphatic carbocycles. The molecule has 3 N–H and O–H groups in total. The lowest BCUT2D eigenvalue weighted by atomic mass is 10.2. The number of alkyl halides is 3. The summed E-state index contributed by atoms with van der Waals surface area (Å²) in [7, 11) is -9.90. The number of sulfone groups is 1. The number of nitrogens with two attached hydrogens (primary N) is 1. The number of para-hydroxylation sites is 1. The number of fused-ring (bicyclic) bond motifs is 1. The van der Waals surface area contributed by atoms with Crippen LogP contribution >= 0.6 is 0 Å². The van der Waals surface area contributed by atoms with Gasteiger partial charge in [-0.05, 0) is 31.2 Å². The van der Waals surface area contributed by atoms with Crippen LogP contribution in [0.1, 0.15) is 12.5 Å². The van der Waals surface area contributed by atoms with Crippen molar-refractivity contribution in [2.75, 3.05) is 5.73 Å². The number of rotatable bonds is 3. The van der Waals surface area contributed by atoms with Crippen molar-refractivity contribution in [1.29, 1.82) is 0 Å². The van der Waals surface area contributed by atoms with E-state index < -0.39 is 52.1 Å². The lowest BCUT2D eigenvalue weighted by Crippen LogP contribution is -2.37. The normalized spacial score (nSPS) is 20.0. The minimum Gasteiger partial charge on any atom is -0.398 e. The van der Waals surface area contributed by atoms with E-state index in [4.69, 9.17) is 5.73 Å². The summed E-state index contributed by atoms with van der Waals surface area (Å²) in [6.07, 6.45) is -4.93. The predicted octanol–water partition coefficient (Wildman–Crippen LogP) is 1.11. The highest BCUT2D eigenvalue weighted by Crippen LogP contribution is 2.40. The van der Waals surface area contributed by atoms with Gasteiger partial charge in [0, 0.05) is 10.9 Å². The van der Waals surface area contributed by atoms with Crippen molar-refractivity contribution >= 4 is 30.5 Å². The van der Waals surface area contributed by atoms with Crippen LogP contribution in [0.5, 0.6) is 0 Å². The molecule has 0 fully saturated rings. The van der Waals surface area contributed by atoms with E-state index in [-0.39, 0.29) is 10.6 Å². The van der Waals surface area contributed by atoms with Crippen LogP contribution in [0.25, 0.3) is 4.91 Å². The van der Waals surface area contributed by atoms with Crippen molar-refractivity contribution in [2.24, 2.45) is 4.99 Å². The molecule has 1 aliphatic heterocycles. The second kappa shape index (κ2) is 6.03. The van der Waals surface area contributed by atoms with Crippen LogP contribution < -0.4 is 16.3 Å². The van der Waals surface area contributed by atoms with E-state index in [9.17, 15) is 34.6 Å². The summed E-state index contributed by atoms with van der Waals surface area (Å²) in [6.45, 7) is 0.858. The highest BCUT2D eigenvalue weighted by atomic mass is 32.2. The Morgan fingerprint density at radius 3 is 2.25 bits per heavy atom. The van der Waals surface area contributed by atoms with Gasteiger partial charge in [-0.1, -0.05) is 18.2 Å². The fraction of sp³-hybridized carbons (Fsp3) is 0.188. The molecule has 0 saturated carbocycles. The molecule has 0 amide bonds. The lowest BCUT2D eigenvalue weighted by molar-refractivity contribution is -0.137. The Bertz CT molecular complexity index is 1320. The molecule has 2 aromatic rings. The van der Waals surface area contributed by atoms with Crippen molar-refractivity contribution in [3.8, 4) is 0 Å². The molecule has 1 atom stereocenters. The number of hydrogen-bond acceptors (Lipinski definition) is 6. The molecule has 0 radical (unpaired) electrons. The standard InChI is InChI=1S/C16H13F3N2O5S2/c1-15(28(24,25)26)14(10-4-2-3-5-13(10)21-15)27(22,23)9-6-7-12(20)11(8-9)16(17,18)19/h2-8H,20H2,1H3,(H,24,25,26). The summed E-state index contributed by atoms with van der Waals surface area (Å²) >= 11 is 0. The van der Waals surface area contributed by atoms with Gasteiger partial charge in [0.2, 0.25) is 14.7 Å². The number of halogens is 3. The van der Waals surface area contributed by atoms with Gasteiger partial charge in [-0.3, -0.25) is 9.55 Å². The van der Waals surface area contributed by atoms with E-state index in [0.29, 0.717) is 6.07 Å². The van der Waals surface area contributed by atoms with Crippen molar-refractivity contribution in [2.45, 2.75) is 22.9 Å². The molecule has 7 nitrogen and oxygen atoms in total. The third-order valence-corrected chi connectivity index (χ3v) is 7.77. The van der Waals surface area contributed by atoms with Crippen molar-refractivity contribution in [3.63, 3.8) is 0 Å². The fourth-order valence-corrected chi connectivity index (χ4v) is 5.89. The van der Waals surface area contributed by atoms with Crippen LogP contribution in [0.3, 0.4) is 0 Å². The molecule has 150 valence electrons. The summed E-state index contributed by atoms with van der Waals surface area (Å²) in [5.41, 5.74) is 3.22. The van der Waals surface area contributed by atoms with Gasteiger partial charge in [0.25, 0.3) is 10.1 Å². The Morgan fingerprint density at radius 1 is 1.07 bits per heavy atom. The van der Waals surface area contributed by atoms with Crippen LogP contribution in [0.2, 0.25) is 0 Å². The molecule has 1 heterocycles. The molecule has 28 heavy (non-hydrogen) atoms. The van der Waals surface area contributed by atoms with Gasteiger partial charge in [0.05, 0.1) is 15.8 Å². The Labute approximate surface area is 157 Å². The summed E-state index contributed by atoms with van der Waals surface area (Å²) in [5.74, 6) is 0. The molecule has 3 rings (SSSR count). The van der Waals surface area contributed by atoms with Gasteiger partial charge in [0.1, 0.15) is 4.91 Å². The fourth-order valence-electron chi connectivity index (χ4n) is 2.93. The molecule has 1 aliphatic rings. The van der Waals surface area contributed by atoms with Gasteiger partial charge < -0.3 is 5.73 Å². The molecule has 0 saturated heterocycles. The second-order valence-corrected chi connectivity index (χ2v) is 9.80. The first-order valence-electron chi connectivity index (χ1n) is 7.58. The highest BCUT2D eigenvalue weighted by molar-refractivity contribution is 8.02. The summed E-state index contributed by atoms with van der Waals surface area (Å²) in [4.78, 5) is -0.465. The summed E-state index contributed by atoms with van der Waals surface area (Å²) < 4.78 is 99.3. The number of benzene rings is 2. The third-order valence-electron chi connectivity index (χ3n) is 4.32. The van der Waals surface area contributed by atoms with Gasteiger partial charge in [-0.2, -0.15) is 21.6 Å². The first-order valence-corrected chi connectivity index (χ1v) is 10.5. The molecule has 12 heteroatoms. The van der Waals surface area contributed by atoms with Crippen molar-refractivity contribution in [1.82, 2.24) is 0 Å². The van der Waals surface area contributed by atoms with E-state index >= 15 is 0 Å². The first kappa shape index (κ1) is 20.3. The Kier molecular flexibility index (Phi) is 4.37. The van der Waals surface area contributed by atoms with Crippen molar-refractivity contribution in [3.05, 3.63) is 58.6 Å². The Hall–Kier alpha value is -2.44. The molecular formula is C16H13F3N2O5S2. The Balaban J connectivity index is 2.41. The van der Waals surface area contributed by atoms with Crippen LogP contribution in [0.4, 0.5) is 18.9 Å². The quantitative estimate of drug-likeness (QED) is 0.550. The van der Waals surface area contributed by atoms with Crippen LogP contribution in [-0.4, -0.2) is 26.3 Å². The maximum absolute atomic E-state index is 13.2. The Morgan fingerprint density at radius 2 is 1.68 bits per heavy atom. The van der Waals surface area contributed by atoms with Crippen molar-refractivity contribution < 1.29 is 34.6 Å². The smallest absolute Gasteiger partial charge is 0.398 e. The van der Waals surface area contributed by atoms with E-state index in [1.54, 1.807) is 0 Å². The van der Waals surface area contributed by atoms with E-state index in [1.165, 1.54) is 24.3 Å². The lowest BCUT2D eigenvalue weighted by Gasteiger charge is -2.22. The van der Waals surface area contributed by atoms with E-state index in [0.717, 1.165) is 19.1 Å². The molecule has 0 aromatic heterocycles. The first-order chi connectivity index (χ1) is 12.7. The topological polar surface area (TPSA) is 127 Å². The van der Waals surface area contributed by atoms with Gasteiger partial charge >= 0.3 is 6.18 Å². The average molecular weight is 434 g/mol. The van der Waals surface area contributed by atoms with Crippen LogP contribution in [-0.2, 0) is 26.1 Å². The average Bonchev–Trinajstić information content (AvgIpc) is 2.87. The molecule has 2 aromatic carbocycles. The SMILES string of the molecule is CC1(S(=O)(=O)O)N=c2ccccc2=C1S(=O)(=O)c1ccc(N)c(C(F)(F)F)c1. The van der Waals surface area contributed by atoms with Crippen LogP contribution in [0.15, 0.2) is 52.4 Å². The van der Waals surface area contributed by atoms with E-state index in [2.05, 4.69) is 4.99 Å². The third kappa shape index (κ3) is 2.97. The maximum Gasteiger partial charge on any atom is 0.418 e. The number of nitrogen functional groups attached to an aromatic ring is 1. The van der Waals surface area contributed by atoms with Crippen LogP contribution in [0, 0.1) is 0 Å². The zero-order valence-corrected chi connectivity index (χ0v) is 15.7. The summed E-state index contributed by atoms with van der Waals surface area (Å²) in [6, 6.07) is 7.37. The molecule has 1 unspecified atom stereocenters. The minimum absolute atomic E-state index is 0.0345. The number of nitrogens with zero attached hydrogens (tertiary/aromatic N) is 1.